The van der Waals surface area contributed by atoms with Gasteiger partial charge in [-0.15, -0.1) is 0 Å². The van der Waals surface area contributed by atoms with E-state index in [1.54, 1.807) is 0 Å². The number of rotatable bonds is 10. The molecular formula is C20H9F17O3S. The monoisotopic (exact) mass is 652 g/mol. The molecule has 2 aromatic carbocycles. The minimum Gasteiger partial charge on any atom is -0.211 e. The normalized spacial score (nSPS) is 16.4. The Hall–Kier alpha value is -2.84. The average Bonchev–Trinajstić information content (AvgIpc) is 2.87. The summed E-state index contributed by atoms with van der Waals surface area (Å²) < 4.78 is 257. The maximum atomic E-state index is 15.5. The van der Waals surface area contributed by atoms with Gasteiger partial charge >= 0.3 is 56.8 Å². The molecule has 0 aromatic heterocycles. The van der Waals surface area contributed by atoms with Crippen molar-refractivity contribution in [1.29, 1.82) is 0 Å². The van der Waals surface area contributed by atoms with Crippen molar-refractivity contribution in [1.82, 2.24) is 0 Å². The first-order valence-corrected chi connectivity index (χ1v) is 11.3. The van der Waals surface area contributed by atoms with Crippen LogP contribution in [0.1, 0.15) is 5.56 Å². The van der Waals surface area contributed by atoms with E-state index in [9.17, 15) is 78.8 Å². The third kappa shape index (κ3) is 4.58. The van der Waals surface area contributed by atoms with Crippen LogP contribution in [0.5, 0.6) is 0 Å². The van der Waals surface area contributed by atoms with Crippen LogP contribution in [0.3, 0.4) is 0 Å². The second kappa shape index (κ2) is 9.87. The van der Waals surface area contributed by atoms with Crippen LogP contribution < -0.4 is 0 Å². The molecule has 41 heavy (non-hydrogen) atoms. The molecule has 3 nitrogen and oxygen atoms in total. The summed E-state index contributed by atoms with van der Waals surface area (Å²) in [5.74, 6) is -51.3. The number of benzene rings is 2. The van der Waals surface area contributed by atoms with Gasteiger partial charge in [-0.2, -0.15) is 74.3 Å². The minimum absolute atomic E-state index is 0.101. The van der Waals surface area contributed by atoms with Crippen LogP contribution in [0.15, 0.2) is 54.6 Å². The maximum absolute atomic E-state index is 15.5. The zero-order valence-electron chi connectivity index (χ0n) is 18.8. The van der Waals surface area contributed by atoms with E-state index in [0.717, 1.165) is 0 Å². The molecule has 2 rings (SSSR count). The summed E-state index contributed by atoms with van der Waals surface area (Å²) in [6.45, 7) is 0. The number of hydrogen-bond acceptors (Lipinski definition) is 3. The van der Waals surface area contributed by atoms with Crippen LogP contribution in [0.4, 0.5) is 74.8 Å². The fourth-order valence-electron chi connectivity index (χ4n) is 3.20. The lowest BCUT2D eigenvalue weighted by Crippen LogP contribution is -2.75. The smallest absolute Gasteiger partial charge is 0.211 e. The summed E-state index contributed by atoms with van der Waals surface area (Å²) in [5, 5.41) is -6.76. The van der Waals surface area contributed by atoms with E-state index in [-0.39, 0.29) is 23.3 Å². The molecule has 0 heterocycles. The molecule has 0 aliphatic rings. The summed E-state index contributed by atoms with van der Waals surface area (Å²) >= 11 is 0. The predicted molar refractivity (Wildman–Crippen MR) is 102 cm³/mol. The molecule has 1 atom stereocenters. The van der Waals surface area contributed by atoms with E-state index in [4.69, 9.17) is 0 Å². The van der Waals surface area contributed by atoms with Crippen LogP contribution >= 0.6 is 0 Å². The third-order valence-electron chi connectivity index (χ3n) is 5.52. The van der Waals surface area contributed by atoms with Crippen molar-refractivity contribution >= 4 is 10.1 Å². The highest BCUT2D eigenvalue weighted by molar-refractivity contribution is 7.87. The lowest BCUT2D eigenvalue weighted by Gasteiger charge is -2.43. The van der Waals surface area contributed by atoms with Gasteiger partial charge in [0, 0.05) is 5.56 Å². The van der Waals surface area contributed by atoms with Crippen LogP contribution in [-0.2, 0) is 19.5 Å². The van der Waals surface area contributed by atoms with Crippen LogP contribution in [0.2, 0.25) is 0 Å². The van der Waals surface area contributed by atoms with Gasteiger partial charge in [-0.05, 0) is 15.7 Å². The lowest BCUT2D eigenvalue weighted by atomic mass is 9.87. The van der Waals surface area contributed by atoms with Crippen LogP contribution in [-0.4, -0.2) is 50.1 Å². The Morgan fingerprint density at radius 1 is 0.463 bits per heavy atom. The van der Waals surface area contributed by atoms with Crippen molar-refractivity contribution < 1.29 is 87.6 Å². The Morgan fingerprint density at radius 3 is 1.17 bits per heavy atom. The highest BCUT2D eigenvalue weighted by Gasteiger charge is 2.96. The predicted octanol–water partition coefficient (Wildman–Crippen LogP) is 8.08. The molecule has 0 fully saturated rings. The standard InChI is InChI=1S/C20H9F17O3S/c21-13(41(38,39)40-37,12-8-6-11(7-9-12)10-4-2-1-3-5-10)14(22,23)15(24,25)16(26,27)17(28,29)18(30,31)19(32,33)20(34,35)36/h1-9H. The van der Waals surface area contributed by atoms with Crippen molar-refractivity contribution in [3.8, 4) is 11.1 Å². The third-order valence-corrected chi connectivity index (χ3v) is 6.87. The Labute approximate surface area is 216 Å². The average molecular weight is 652 g/mol. The molecule has 0 saturated heterocycles. The summed E-state index contributed by atoms with van der Waals surface area (Å²) in [5.41, 5.74) is -2.59. The molecule has 21 heteroatoms. The maximum Gasteiger partial charge on any atom is 0.460 e. The first-order valence-electron chi connectivity index (χ1n) is 9.86. The summed E-state index contributed by atoms with van der Waals surface area (Å²) in [6.07, 6.45) is -7.89. The van der Waals surface area contributed by atoms with Gasteiger partial charge < -0.3 is 0 Å². The van der Waals surface area contributed by atoms with Gasteiger partial charge in [0.1, 0.15) is 0 Å². The van der Waals surface area contributed by atoms with Crippen LogP contribution in [0.25, 0.3) is 11.1 Å². The SMILES string of the molecule is O=S(=O)(OF)C(F)(c1ccc(-c2ccccc2)cc1)C(F)(F)C(F)(F)C(F)(F)C(F)(F)C(F)(F)C(F)(F)C(F)(F)F. The fraction of sp³-hybridized carbons (Fsp3) is 0.400. The van der Waals surface area contributed by atoms with E-state index >= 15 is 4.39 Å². The number of alkyl halides is 16. The second-order valence-electron chi connectivity index (χ2n) is 8.00. The minimum atomic E-state index is -8.83. The van der Waals surface area contributed by atoms with Gasteiger partial charge in [-0.25, -0.2) is 4.39 Å². The van der Waals surface area contributed by atoms with E-state index < -0.39 is 62.4 Å². The van der Waals surface area contributed by atoms with Crippen molar-refractivity contribution in [2.75, 3.05) is 0 Å². The second-order valence-corrected chi connectivity index (χ2v) is 9.60. The molecule has 0 amide bonds. The Balaban J connectivity index is 2.83. The zero-order valence-corrected chi connectivity index (χ0v) is 19.6. The Morgan fingerprint density at radius 2 is 0.805 bits per heavy atom. The van der Waals surface area contributed by atoms with Gasteiger partial charge in [-0.3, -0.25) is 0 Å². The van der Waals surface area contributed by atoms with Gasteiger partial charge in [0.05, 0.1) is 0 Å². The molecular weight excluding hydrogens is 643 g/mol. The molecule has 0 aliphatic carbocycles. The Bertz CT molecular complexity index is 1340. The van der Waals surface area contributed by atoms with Crippen molar-refractivity contribution in [2.45, 2.75) is 46.7 Å². The molecule has 0 bridgehead atoms. The molecule has 232 valence electrons. The van der Waals surface area contributed by atoms with Crippen molar-refractivity contribution in [3.63, 3.8) is 0 Å². The van der Waals surface area contributed by atoms with E-state index in [2.05, 4.69) is 0 Å². The van der Waals surface area contributed by atoms with Gasteiger partial charge in [0.25, 0.3) is 0 Å². The van der Waals surface area contributed by atoms with Crippen LogP contribution in [0, 0.1) is 0 Å². The van der Waals surface area contributed by atoms with E-state index in [1.807, 2.05) is 4.39 Å². The molecule has 0 saturated carbocycles. The Kier molecular flexibility index (Phi) is 8.27. The molecule has 0 N–H and O–H groups in total. The zero-order chi connectivity index (χ0) is 32.3. The number of hydrogen-bond donors (Lipinski definition) is 0. The van der Waals surface area contributed by atoms with Gasteiger partial charge in [0.15, 0.2) is 0 Å². The highest BCUT2D eigenvalue weighted by atomic mass is 32.2. The largest absolute Gasteiger partial charge is 0.460 e. The summed E-state index contributed by atoms with van der Waals surface area (Å²) in [7, 11) is -7.68. The summed E-state index contributed by atoms with van der Waals surface area (Å²) in [6, 6.07) is 6.94. The van der Waals surface area contributed by atoms with Gasteiger partial charge in [0.2, 0.25) is 0 Å². The quantitative estimate of drug-likeness (QED) is 0.244. The molecule has 0 spiro atoms. The molecule has 2 aromatic rings. The molecule has 0 radical (unpaired) electrons. The molecule has 0 aliphatic heterocycles. The topological polar surface area (TPSA) is 43.4 Å². The van der Waals surface area contributed by atoms with Crippen molar-refractivity contribution in [3.05, 3.63) is 60.2 Å². The van der Waals surface area contributed by atoms with Gasteiger partial charge in [-0.1, -0.05) is 59.0 Å². The first kappa shape index (κ1) is 34.4. The lowest BCUT2D eigenvalue weighted by molar-refractivity contribution is -0.456. The highest BCUT2D eigenvalue weighted by Crippen LogP contribution is 2.65. The molecule has 1 unspecified atom stereocenters. The van der Waals surface area contributed by atoms with E-state index in [0.29, 0.717) is 12.1 Å². The first-order chi connectivity index (χ1) is 18.1. The summed E-state index contributed by atoms with van der Waals surface area (Å²) in [4.78, 5) is 0. The number of halogens is 17. The van der Waals surface area contributed by atoms with Crippen molar-refractivity contribution in [2.24, 2.45) is 0 Å². The fourth-order valence-corrected chi connectivity index (χ4v) is 4.16. The van der Waals surface area contributed by atoms with E-state index in [1.165, 1.54) is 30.3 Å².